The molecule has 0 aliphatic carbocycles. The number of carboxylic acids is 3. The molecule has 0 radical (unpaired) electrons. The molecule has 0 aromatic rings. The maximum Gasteiger partial charge on any atom is 0.414 e. The van der Waals surface area contributed by atoms with Crippen molar-refractivity contribution in [3.05, 3.63) is 0 Å². The molecule has 0 spiro atoms. The molecule has 2 unspecified atom stereocenters. The lowest BCUT2D eigenvalue weighted by Crippen LogP contribution is -2.39. The summed E-state index contributed by atoms with van der Waals surface area (Å²) >= 11 is 0. The van der Waals surface area contributed by atoms with Gasteiger partial charge in [0.05, 0.1) is 6.10 Å². The second kappa shape index (κ2) is 6.80. The molecule has 8 nitrogen and oxygen atoms in total. The van der Waals surface area contributed by atoms with E-state index in [1.165, 1.54) is 6.92 Å². The van der Waals surface area contributed by atoms with Crippen molar-refractivity contribution in [2.45, 2.75) is 19.1 Å². The topological polar surface area (TPSA) is 158 Å². The predicted octanol–water partition coefficient (Wildman–Crippen LogP) is -2.07. The Hall–Kier alpha value is -1.67. The molecular weight excluding hydrogens is 198 g/mol. The van der Waals surface area contributed by atoms with Gasteiger partial charge in [0, 0.05) is 0 Å². The number of aliphatic carboxylic acids is 3. The van der Waals surface area contributed by atoms with E-state index in [1.54, 1.807) is 0 Å². The minimum atomic E-state index is -1.82. The van der Waals surface area contributed by atoms with Gasteiger partial charge in [-0.15, -0.1) is 0 Å². The van der Waals surface area contributed by atoms with Gasteiger partial charge in [0.1, 0.15) is 6.04 Å². The summed E-state index contributed by atoms with van der Waals surface area (Å²) in [7, 11) is 0. The number of rotatable bonds is 2. The Morgan fingerprint density at radius 1 is 1.07 bits per heavy atom. The largest absolute Gasteiger partial charge is 0.480 e. The Labute approximate surface area is 78.6 Å². The first kappa shape index (κ1) is 14.8. The van der Waals surface area contributed by atoms with Gasteiger partial charge in [-0.25, -0.2) is 9.59 Å². The Morgan fingerprint density at radius 2 is 1.36 bits per heavy atom. The number of carboxylic acid groups (broad SMARTS) is 3. The quantitative estimate of drug-likeness (QED) is 0.324. The van der Waals surface area contributed by atoms with Crippen LogP contribution in [0.25, 0.3) is 0 Å². The molecule has 0 aromatic heterocycles. The fraction of sp³-hybridized carbons (Fsp3) is 0.500. The fourth-order valence-corrected chi connectivity index (χ4v) is 0.206. The van der Waals surface area contributed by atoms with E-state index in [0.717, 1.165) is 0 Å². The van der Waals surface area contributed by atoms with E-state index in [2.05, 4.69) is 0 Å². The molecule has 0 saturated carbocycles. The minimum absolute atomic E-state index is 0.979. The molecule has 6 N–H and O–H groups in total. The Morgan fingerprint density at radius 3 is 1.36 bits per heavy atom. The van der Waals surface area contributed by atoms with E-state index in [0.29, 0.717) is 0 Å². The average molecular weight is 209 g/mol. The van der Waals surface area contributed by atoms with Crippen LogP contribution in [0, 0.1) is 0 Å². The zero-order valence-corrected chi connectivity index (χ0v) is 7.25. The summed E-state index contributed by atoms with van der Waals surface area (Å²) in [5, 5.41) is 31.3. The van der Waals surface area contributed by atoms with Crippen molar-refractivity contribution in [3.63, 3.8) is 0 Å². The highest BCUT2D eigenvalue weighted by atomic mass is 16.4. The molecule has 8 heteroatoms. The van der Waals surface area contributed by atoms with E-state index in [4.69, 9.17) is 35.7 Å². The van der Waals surface area contributed by atoms with Crippen molar-refractivity contribution in [1.29, 1.82) is 0 Å². The van der Waals surface area contributed by atoms with Gasteiger partial charge in [0.15, 0.2) is 0 Å². The monoisotopic (exact) mass is 209 g/mol. The molecule has 0 heterocycles. The van der Waals surface area contributed by atoms with E-state index >= 15 is 0 Å². The van der Waals surface area contributed by atoms with Gasteiger partial charge in [-0.05, 0) is 6.92 Å². The first-order chi connectivity index (χ1) is 6.20. The third kappa shape index (κ3) is 8.43. The third-order valence-electron chi connectivity index (χ3n) is 0.988. The summed E-state index contributed by atoms with van der Waals surface area (Å²) in [5.74, 6) is -4.83. The summed E-state index contributed by atoms with van der Waals surface area (Å²) in [5.41, 5.74) is 4.91. The van der Waals surface area contributed by atoms with Crippen LogP contribution in [0.2, 0.25) is 0 Å². The summed E-state index contributed by atoms with van der Waals surface area (Å²) in [6.45, 7) is 1.33. The van der Waals surface area contributed by atoms with Gasteiger partial charge in [0.2, 0.25) is 0 Å². The van der Waals surface area contributed by atoms with Crippen molar-refractivity contribution in [3.8, 4) is 0 Å². The third-order valence-corrected chi connectivity index (χ3v) is 0.988. The van der Waals surface area contributed by atoms with E-state index < -0.39 is 30.1 Å². The number of aliphatic hydroxyl groups is 1. The molecule has 0 aromatic carbocycles. The first-order valence-electron chi connectivity index (χ1n) is 3.32. The summed E-state index contributed by atoms with van der Waals surface area (Å²) in [6.07, 6.45) is -0.979. The van der Waals surface area contributed by atoms with Crippen molar-refractivity contribution < 1.29 is 34.8 Å². The van der Waals surface area contributed by atoms with Crippen molar-refractivity contribution >= 4 is 17.9 Å². The second-order valence-electron chi connectivity index (χ2n) is 2.21. The number of aliphatic hydroxyl groups excluding tert-OH is 1. The smallest absolute Gasteiger partial charge is 0.414 e. The van der Waals surface area contributed by atoms with Crippen LogP contribution in [-0.2, 0) is 14.4 Å². The van der Waals surface area contributed by atoms with Gasteiger partial charge >= 0.3 is 17.9 Å². The van der Waals surface area contributed by atoms with Gasteiger partial charge < -0.3 is 26.2 Å². The van der Waals surface area contributed by atoms with Crippen molar-refractivity contribution in [2.75, 3.05) is 0 Å². The predicted molar refractivity (Wildman–Crippen MR) is 42.6 cm³/mol. The highest BCUT2D eigenvalue weighted by Crippen LogP contribution is 1.85. The summed E-state index contributed by atoms with van der Waals surface area (Å²) in [4.78, 5) is 28.1. The zero-order chi connectivity index (χ0) is 11.9. The lowest BCUT2D eigenvalue weighted by atomic mass is 10.2. The number of hydrogen-bond acceptors (Lipinski definition) is 5. The molecule has 0 aliphatic rings. The van der Waals surface area contributed by atoms with Gasteiger partial charge in [-0.2, -0.15) is 0 Å². The van der Waals surface area contributed by atoms with E-state index in [-0.39, 0.29) is 0 Å². The van der Waals surface area contributed by atoms with Crippen LogP contribution < -0.4 is 5.73 Å². The van der Waals surface area contributed by atoms with Crippen LogP contribution in [0.3, 0.4) is 0 Å². The van der Waals surface area contributed by atoms with Crippen LogP contribution >= 0.6 is 0 Å². The normalized spacial score (nSPS) is 13.1. The Bertz CT molecular complexity index is 212. The highest BCUT2D eigenvalue weighted by molar-refractivity contribution is 6.27. The standard InChI is InChI=1S/C4H9NO3.C2H2O4/c1-2(6)3(5)4(7)8;3-1(4)2(5)6/h2-3,6H,5H2,1H3,(H,7,8);(H,3,4)(H,5,6). The lowest BCUT2D eigenvalue weighted by molar-refractivity contribution is -0.159. The van der Waals surface area contributed by atoms with E-state index in [1.807, 2.05) is 0 Å². The molecule has 0 fully saturated rings. The van der Waals surface area contributed by atoms with Gasteiger partial charge in [-0.3, -0.25) is 4.79 Å². The van der Waals surface area contributed by atoms with Crippen LogP contribution in [0.5, 0.6) is 0 Å². The van der Waals surface area contributed by atoms with Crippen LogP contribution in [0.4, 0.5) is 0 Å². The SMILES string of the molecule is CC(O)C(N)C(=O)O.O=C(O)C(=O)O. The van der Waals surface area contributed by atoms with Crippen molar-refractivity contribution in [2.24, 2.45) is 5.73 Å². The van der Waals surface area contributed by atoms with Crippen LogP contribution in [-0.4, -0.2) is 50.5 Å². The second-order valence-corrected chi connectivity index (χ2v) is 2.21. The molecule has 2 atom stereocenters. The molecular formula is C6H11NO7. The maximum atomic E-state index is 9.86. The van der Waals surface area contributed by atoms with Gasteiger partial charge in [-0.1, -0.05) is 0 Å². The highest BCUT2D eigenvalue weighted by Gasteiger charge is 2.16. The Kier molecular flexibility index (Phi) is 7.21. The number of nitrogens with two attached hydrogens (primary N) is 1. The van der Waals surface area contributed by atoms with E-state index in [9.17, 15) is 4.79 Å². The average Bonchev–Trinajstić information content (AvgIpc) is 2.03. The molecule has 0 aliphatic heterocycles. The van der Waals surface area contributed by atoms with Crippen LogP contribution in [0.15, 0.2) is 0 Å². The molecule has 82 valence electrons. The van der Waals surface area contributed by atoms with Gasteiger partial charge in [0.25, 0.3) is 0 Å². The molecule has 0 amide bonds. The minimum Gasteiger partial charge on any atom is -0.480 e. The summed E-state index contributed by atoms with van der Waals surface area (Å²) in [6, 6.07) is -1.16. The molecule has 14 heavy (non-hydrogen) atoms. The molecule has 0 rings (SSSR count). The van der Waals surface area contributed by atoms with Crippen molar-refractivity contribution in [1.82, 2.24) is 0 Å². The van der Waals surface area contributed by atoms with Crippen LogP contribution in [0.1, 0.15) is 6.92 Å². The first-order valence-corrected chi connectivity index (χ1v) is 3.32. The zero-order valence-electron chi connectivity index (χ0n) is 7.25. The lowest BCUT2D eigenvalue weighted by Gasteiger charge is -2.06. The Balaban J connectivity index is 0. The fourth-order valence-electron chi connectivity index (χ4n) is 0.206. The molecule has 0 saturated heterocycles. The molecule has 0 bridgehead atoms. The maximum absolute atomic E-state index is 9.86. The number of hydrogen-bond donors (Lipinski definition) is 5. The number of carbonyl (C=O) groups is 3. The summed E-state index contributed by atoms with van der Waals surface area (Å²) < 4.78 is 0.